The van der Waals surface area contributed by atoms with Crippen LogP contribution in [0.15, 0.2) is 97.1 Å². The van der Waals surface area contributed by atoms with E-state index in [2.05, 4.69) is 28.4 Å². The summed E-state index contributed by atoms with van der Waals surface area (Å²) in [6.07, 6.45) is 1.85. The third-order valence-electron chi connectivity index (χ3n) is 6.89. The number of fused-ring (bicyclic) bond motifs is 5. The van der Waals surface area contributed by atoms with Crippen LogP contribution in [0.3, 0.4) is 0 Å². The monoisotopic (exact) mass is 480 g/mol. The fourth-order valence-corrected chi connectivity index (χ4v) is 5.40. The summed E-state index contributed by atoms with van der Waals surface area (Å²) in [7, 11) is 0. The number of para-hydroxylation sites is 1. The molecule has 2 heterocycles. The Morgan fingerprint density at radius 1 is 0.857 bits per heavy atom. The first kappa shape index (κ1) is 21.8. The number of carbonyl (C=O) groups excluding carboxylic acids is 1. The van der Waals surface area contributed by atoms with Crippen molar-refractivity contribution >= 4 is 23.2 Å². The van der Waals surface area contributed by atoms with Crippen molar-refractivity contribution in [2.75, 3.05) is 11.4 Å². The predicted octanol–water partition coefficient (Wildman–Crippen LogP) is 7.25. The summed E-state index contributed by atoms with van der Waals surface area (Å²) in [6.45, 7) is 0.869. The number of ether oxygens (including phenoxy) is 1. The third kappa shape index (κ3) is 4.15. The van der Waals surface area contributed by atoms with E-state index in [1.807, 2.05) is 78.9 Å². The predicted molar refractivity (Wildman–Crippen MR) is 140 cm³/mol. The van der Waals surface area contributed by atoms with Crippen LogP contribution in [0.1, 0.15) is 34.8 Å². The average Bonchev–Trinajstić information content (AvgIpc) is 3.04. The number of piperidine rings is 1. The highest BCUT2D eigenvalue weighted by Gasteiger charge is 2.38. The number of rotatable bonds is 3. The molecule has 174 valence electrons. The molecule has 5 heteroatoms. The summed E-state index contributed by atoms with van der Waals surface area (Å²) < 4.78 is 6.33. The molecular weight excluding hydrogens is 456 g/mol. The third-order valence-corrected chi connectivity index (χ3v) is 7.12. The highest BCUT2D eigenvalue weighted by atomic mass is 35.5. The van der Waals surface area contributed by atoms with Crippen LogP contribution in [-0.4, -0.2) is 18.5 Å². The molecule has 2 atom stereocenters. The van der Waals surface area contributed by atoms with Crippen molar-refractivity contribution < 1.29 is 9.53 Å². The lowest BCUT2D eigenvalue weighted by Gasteiger charge is -2.42. The Bertz CT molecular complexity index is 1370. The second-order valence-electron chi connectivity index (χ2n) is 9.06. The first-order valence-electron chi connectivity index (χ1n) is 12.0. The Kier molecular flexibility index (Phi) is 5.67. The van der Waals surface area contributed by atoms with Gasteiger partial charge in [0.1, 0.15) is 5.75 Å². The van der Waals surface area contributed by atoms with Gasteiger partial charge in [0.2, 0.25) is 0 Å². The smallest absolute Gasteiger partial charge is 0.251 e. The molecule has 2 unspecified atom stereocenters. The van der Waals surface area contributed by atoms with Gasteiger partial charge >= 0.3 is 0 Å². The molecule has 4 aromatic rings. The molecule has 0 saturated carbocycles. The van der Waals surface area contributed by atoms with Crippen molar-refractivity contribution in [1.82, 2.24) is 5.32 Å². The van der Waals surface area contributed by atoms with E-state index in [9.17, 15) is 4.79 Å². The van der Waals surface area contributed by atoms with Gasteiger partial charge in [-0.2, -0.15) is 0 Å². The number of hydrogen-bond acceptors (Lipinski definition) is 3. The van der Waals surface area contributed by atoms with Crippen LogP contribution < -0.4 is 15.0 Å². The lowest BCUT2D eigenvalue weighted by molar-refractivity contribution is 0.0923. The topological polar surface area (TPSA) is 41.6 Å². The highest BCUT2D eigenvalue weighted by molar-refractivity contribution is 6.31. The largest absolute Gasteiger partial charge is 0.455 e. The summed E-state index contributed by atoms with van der Waals surface area (Å²) in [5, 5.41) is 4.01. The molecule has 2 aliphatic rings. The molecule has 2 aliphatic heterocycles. The van der Waals surface area contributed by atoms with Gasteiger partial charge < -0.3 is 15.0 Å². The van der Waals surface area contributed by atoms with Gasteiger partial charge in [-0.05, 0) is 60.4 Å². The first-order valence-corrected chi connectivity index (χ1v) is 12.3. The van der Waals surface area contributed by atoms with Crippen molar-refractivity contribution in [2.24, 2.45) is 0 Å². The molecule has 1 amide bonds. The van der Waals surface area contributed by atoms with E-state index >= 15 is 0 Å². The molecule has 6 rings (SSSR count). The number of halogens is 1. The maximum atomic E-state index is 13.4. The Morgan fingerprint density at radius 3 is 2.43 bits per heavy atom. The second kappa shape index (κ2) is 9.12. The van der Waals surface area contributed by atoms with E-state index in [0.717, 1.165) is 53.3 Å². The van der Waals surface area contributed by atoms with Crippen molar-refractivity contribution in [3.8, 4) is 22.6 Å². The zero-order valence-electron chi connectivity index (χ0n) is 19.2. The summed E-state index contributed by atoms with van der Waals surface area (Å²) in [4.78, 5) is 15.7. The van der Waals surface area contributed by atoms with E-state index in [0.29, 0.717) is 10.6 Å². The molecule has 4 aromatic carbocycles. The number of hydrogen-bond donors (Lipinski definition) is 1. The quantitative estimate of drug-likeness (QED) is 0.335. The van der Waals surface area contributed by atoms with Crippen LogP contribution in [0.5, 0.6) is 11.5 Å². The Labute approximate surface area is 210 Å². The van der Waals surface area contributed by atoms with Crippen LogP contribution in [0.2, 0.25) is 5.02 Å². The molecule has 4 nitrogen and oxygen atoms in total. The van der Waals surface area contributed by atoms with Crippen LogP contribution in [0.25, 0.3) is 11.1 Å². The van der Waals surface area contributed by atoms with E-state index < -0.39 is 0 Å². The lowest BCUT2D eigenvalue weighted by Crippen LogP contribution is -2.50. The summed E-state index contributed by atoms with van der Waals surface area (Å²) >= 11 is 6.38. The molecule has 1 N–H and O–H groups in total. The molecule has 0 aromatic heterocycles. The molecule has 35 heavy (non-hydrogen) atoms. The van der Waals surface area contributed by atoms with Gasteiger partial charge in [0.25, 0.3) is 5.91 Å². The van der Waals surface area contributed by atoms with Crippen molar-refractivity contribution in [3.05, 3.63) is 113 Å². The SMILES string of the molecule is O=C(NC1CCCN2c3cc(Cl)ccc3Oc3ccccc3C12)c1ccc(-c2ccccc2)cc1. The van der Waals surface area contributed by atoms with Gasteiger partial charge in [0.15, 0.2) is 5.75 Å². The Balaban J connectivity index is 1.31. The molecule has 0 radical (unpaired) electrons. The minimum Gasteiger partial charge on any atom is -0.455 e. The highest BCUT2D eigenvalue weighted by Crippen LogP contribution is 2.48. The zero-order chi connectivity index (χ0) is 23.8. The number of anilines is 1. The van der Waals surface area contributed by atoms with Crippen LogP contribution >= 0.6 is 11.6 Å². The van der Waals surface area contributed by atoms with Gasteiger partial charge in [-0.3, -0.25) is 4.79 Å². The number of nitrogens with one attached hydrogen (secondary N) is 1. The van der Waals surface area contributed by atoms with Gasteiger partial charge in [-0.25, -0.2) is 0 Å². The van der Waals surface area contributed by atoms with E-state index in [-0.39, 0.29) is 18.0 Å². The minimum absolute atomic E-state index is 0.0489. The molecule has 0 aliphatic carbocycles. The van der Waals surface area contributed by atoms with Crippen LogP contribution in [-0.2, 0) is 0 Å². The molecule has 1 fully saturated rings. The molecule has 0 bridgehead atoms. The van der Waals surface area contributed by atoms with Crippen molar-refractivity contribution in [1.29, 1.82) is 0 Å². The van der Waals surface area contributed by atoms with Crippen LogP contribution in [0.4, 0.5) is 5.69 Å². The van der Waals surface area contributed by atoms with Crippen LogP contribution in [0, 0.1) is 0 Å². The number of amides is 1. The lowest BCUT2D eigenvalue weighted by atomic mass is 9.89. The second-order valence-corrected chi connectivity index (χ2v) is 9.49. The average molecular weight is 481 g/mol. The minimum atomic E-state index is -0.0697. The zero-order valence-corrected chi connectivity index (χ0v) is 19.9. The molecular formula is C30H25ClN2O2. The number of carbonyl (C=O) groups is 1. The van der Waals surface area contributed by atoms with Crippen molar-refractivity contribution in [3.63, 3.8) is 0 Å². The molecule has 0 spiro atoms. The summed E-state index contributed by atoms with van der Waals surface area (Å²) in [5.74, 6) is 1.54. The molecule has 1 saturated heterocycles. The van der Waals surface area contributed by atoms with Crippen molar-refractivity contribution in [2.45, 2.75) is 24.9 Å². The van der Waals surface area contributed by atoms with Gasteiger partial charge in [-0.1, -0.05) is 72.3 Å². The van der Waals surface area contributed by atoms with E-state index in [4.69, 9.17) is 16.3 Å². The number of benzene rings is 4. The maximum absolute atomic E-state index is 13.4. The fraction of sp³-hybridized carbons (Fsp3) is 0.167. The van der Waals surface area contributed by atoms with Gasteiger partial charge in [0, 0.05) is 22.7 Å². The van der Waals surface area contributed by atoms with Gasteiger partial charge in [0.05, 0.1) is 17.8 Å². The van der Waals surface area contributed by atoms with E-state index in [1.54, 1.807) is 0 Å². The fourth-order valence-electron chi connectivity index (χ4n) is 5.24. The summed E-state index contributed by atoms with van der Waals surface area (Å²) in [6, 6.07) is 31.7. The maximum Gasteiger partial charge on any atom is 0.251 e. The number of nitrogens with zero attached hydrogens (tertiary/aromatic N) is 1. The van der Waals surface area contributed by atoms with Gasteiger partial charge in [-0.15, -0.1) is 0 Å². The Morgan fingerprint density at radius 2 is 1.60 bits per heavy atom. The Hall–Kier alpha value is -3.76. The standard InChI is InChI=1S/C30H25ClN2O2/c31-23-16-17-28-26(19-23)33-18-6-10-25(29(33)24-9-4-5-11-27(24)35-28)32-30(34)22-14-12-21(13-15-22)20-7-2-1-3-8-20/h1-5,7-9,11-17,19,25,29H,6,10,18H2,(H,32,34). The normalized spacial score (nSPS) is 18.4. The summed E-state index contributed by atoms with van der Waals surface area (Å²) in [5.41, 5.74) is 4.92. The first-order chi connectivity index (χ1) is 17.2. The van der Waals surface area contributed by atoms with E-state index in [1.165, 1.54) is 0 Å².